The summed E-state index contributed by atoms with van der Waals surface area (Å²) in [6.07, 6.45) is 5.50. The Balaban J connectivity index is 1.31. The second-order valence-corrected chi connectivity index (χ2v) is 8.96. The minimum absolute atomic E-state index is 0.0101. The minimum atomic E-state index is -0.626. The predicted molar refractivity (Wildman–Crippen MR) is 111 cm³/mol. The number of aromatic nitrogens is 3. The summed E-state index contributed by atoms with van der Waals surface area (Å²) in [6.45, 7) is 2.58. The van der Waals surface area contributed by atoms with Crippen LogP contribution < -0.4 is 4.74 Å². The van der Waals surface area contributed by atoms with E-state index in [9.17, 15) is 13.6 Å². The standard InChI is InChI=1S/C24H20F2N4O2/c1-13-5-6-19(27-9-13)32-18-8-24-7-14(24)12-30(21(18)24)23(31)16-3-2-4-17(26)20(16)22-28-10-15(25)11-29-22/h2-6,9-11,14,18,21H,7-8,12H2,1H3. The lowest BCUT2D eigenvalue weighted by Crippen LogP contribution is -2.59. The Hall–Kier alpha value is -3.42. The Morgan fingerprint density at radius 2 is 1.91 bits per heavy atom. The van der Waals surface area contributed by atoms with E-state index in [1.165, 1.54) is 12.1 Å². The molecule has 3 aromatic rings. The summed E-state index contributed by atoms with van der Waals surface area (Å²) in [5.74, 6) is -0.559. The topological polar surface area (TPSA) is 68.2 Å². The van der Waals surface area contributed by atoms with Crippen LogP contribution in [0.25, 0.3) is 11.4 Å². The van der Waals surface area contributed by atoms with Crippen molar-refractivity contribution < 1.29 is 18.3 Å². The molecule has 162 valence electrons. The fourth-order valence-corrected chi connectivity index (χ4v) is 5.46. The van der Waals surface area contributed by atoms with Gasteiger partial charge in [-0.1, -0.05) is 12.1 Å². The number of rotatable bonds is 4. The molecule has 3 aliphatic rings. The summed E-state index contributed by atoms with van der Waals surface area (Å²) in [7, 11) is 0. The molecule has 3 heterocycles. The summed E-state index contributed by atoms with van der Waals surface area (Å²) < 4.78 is 34.2. The lowest BCUT2D eigenvalue weighted by atomic mass is 9.73. The average Bonchev–Trinajstić information content (AvgIpc) is 3.43. The highest BCUT2D eigenvalue weighted by atomic mass is 19.1. The van der Waals surface area contributed by atoms with E-state index in [0.717, 1.165) is 30.8 Å². The van der Waals surface area contributed by atoms with E-state index in [1.807, 2.05) is 19.1 Å². The molecule has 2 aliphatic carbocycles. The molecule has 6 rings (SSSR count). The molecule has 6 nitrogen and oxygen atoms in total. The number of halogens is 2. The van der Waals surface area contributed by atoms with Gasteiger partial charge in [0, 0.05) is 24.2 Å². The Morgan fingerprint density at radius 1 is 1.09 bits per heavy atom. The fraction of sp³-hybridized carbons (Fsp3) is 0.333. The van der Waals surface area contributed by atoms with Crippen LogP contribution in [0.15, 0.2) is 48.9 Å². The summed E-state index contributed by atoms with van der Waals surface area (Å²) in [5.41, 5.74) is 1.31. The second kappa shape index (κ2) is 6.79. The first-order valence-corrected chi connectivity index (χ1v) is 10.6. The number of likely N-dealkylation sites (tertiary alicyclic amines) is 1. The van der Waals surface area contributed by atoms with Crippen molar-refractivity contribution in [3.63, 3.8) is 0 Å². The van der Waals surface area contributed by atoms with Crippen molar-refractivity contribution in [1.82, 2.24) is 19.9 Å². The van der Waals surface area contributed by atoms with Crippen molar-refractivity contribution in [3.8, 4) is 17.3 Å². The number of aryl methyl sites for hydroxylation is 1. The zero-order valence-electron chi connectivity index (χ0n) is 17.3. The molecule has 0 N–H and O–H groups in total. The zero-order chi connectivity index (χ0) is 22.0. The molecule has 8 heteroatoms. The quantitative estimate of drug-likeness (QED) is 0.625. The van der Waals surface area contributed by atoms with Crippen molar-refractivity contribution in [2.75, 3.05) is 6.54 Å². The maximum Gasteiger partial charge on any atom is 0.255 e. The van der Waals surface area contributed by atoms with Gasteiger partial charge in [-0.25, -0.2) is 23.7 Å². The van der Waals surface area contributed by atoms with Gasteiger partial charge in [-0.05, 0) is 43.4 Å². The molecule has 1 spiro atoms. The average molecular weight is 434 g/mol. The Labute approximate surface area is 183 Å². The van der Waals surface area contributed by atoms with Crippen LogP contribution in [0, 0.1) is 29.9 Å². The van der Waals surface area contributed by atoms with E-state index >= 15 is 0 Å². The van der Waals surface area contributed by atoms with Crippen LogP contribution in [-0.2, 0) is 0 Å². The first kappa shape index (κ1) is 19.3. The van der Waals surface area contributed by atoms with Crippen molar-refractivity contribution >= 4 is 5.91 Å². The highest BCUT2D eigenvalue weighted by Crippen LogP contribution is 2.71. The van der Waals surface area contributed by atoms with Crippen LogP contribution in [-0.4, -0.2) is 44.4 Å². The number of pyridine rings is 1. The van der Waals surface area contributed by atoms with Gasteiger partial charge in [0.25, 0.3) is 5.91 Å². The number of amides is 1. The fourth-order valence-electron chi connectivity index (χ4n) is 5.46. The first-order valence-electron chi connectivity index (χ1n) is 10.6. The number of carbonyl (C=O) groups excluding carboxylic acids is 1. The van der Waals surface area contributed by atoms with E-state index < -0.39 is 11.6 Å². The van der Waals surface area contributed by atoms with Gasteiger partial charge in [-0.15, -0.1) is 0 Å². The molecule has 0 bridgehead atoms. The molecule has 1 aliphatic heterocycles. The third kappa shape index (κ3) is 2.82. The van der Waals surface area contributed by atoms with Gasteiger partial charge in [0.2, 0.25) is 5.88 Å². The monoisotopic (exact) mass is 434 g/mol. The summed E-state index contributed by atoms with van der Waals surface area (Å²) in [4.78, 5) is 27.5. The van der Waals surface area contributed by atoms with Gasteiger partial charge in [0.15, 0.2) is 11.6 Å². The van der Waals surface area contributed by atoms with Crippen LogP contribution >= 0.6 is 0 Å². The van der Waals surface area contributed by atoms with Gasteiger partial charge >= 0.3 is 0 Å². The second-order valence-electron chi connectivity index (χ2n) is 8.96. The molecule has 4 atom stereocenters. The van der Waals surface area contributed by atoms with Crippen molar-refractivity contribution in [2.45, 2.75) is 31.9 Å². The Morgan fingerprint density at radius 3 is 2.66 bits per heavy atom. The van der Waals surface area contributed by atoms with Crippen LogP contribution in [0.5, 0.6) is 5.88 Å². The van der Waals surface area contributed by atoms with E-state index in [4.69, 9.17) is 4.74 Å². The minimum Gasteiger partial charge on any atom is -0.472 e. The van der Waals surface area contributed by atoms with Gasteiger partial charge < -0.3 is 9.64 Å². The third-order valence-electron chi connectivity index (χ3n) is 7.06. The number of nitrogens with zero attached hydrogens (tertiary/aromatic N) is 4. The SMILES string of the molecule is Cc1ccc(OC2CC34CC3CN(C(=O)c3cccc(F)c3-c3ncc(F)cn3)C24)nc1. The van der Waals surface area contributed by atoms with Gasteiger partial charge in [-0.2, -0.15) is 0 Å². The lowest BCUT2D eigenvalue weighted by molar-refractivity contribution is -0.0345. The zero-order valence-corrected chi connectivity index (χ0v) is 17.3. The maximum absolute atomic E-state index is 14.8. The first-order chi connectivity index (χ1) is 15.5. The van der Waals surface area contributed by atoms with E-state index in [-0.39, 0.29) is 40.4 Å². The largest absolute Gasteiger partial charge is 0.472 e. The molecular formula is C24H20F2N4O2. The molecule has 32 heavy (non-hydrogen) atoms. The molecule has 2 saturated carbocycles. The van der Waals surface area contributed by atoms with Gasteiger partial charge in [-0.3, -0.25) is 4.79 Å². The molecule has 1 aromatic carbocycles. The van der Waals surface area contributed by atoms with Crippen LogP contribution in [0.4, 0.5) is 8.78 Å². The highest BCUT2D eigenvalue weighted by Gasteiger charge is 2.76. The number of hydrogen-bond acceptors (Lipinski definition) is 5. The van der Waals surface area contributed by atoms with Crippen molar-refractivity contribution in [3.05, 3.63) is 71.7 Å². The van der Waals surface area contributed by atoms with Crippen molar-refractivity contribution in [1.29, 1.82) is 0 Å². The number of benzene rings is 1. The van der Waals surface area contributed by atoms with Crippen LogP contribution in [0.1, 0.15) is 28.8 Å². The highest BCUT2D eigenvalue weighted by molar-refractivity contribution is 6.01. The van der Waals surface area contributed by atoms with E-state index in [1.54, 1.807) is 17.2 Å². The Bertz CT molecular complexity index is 1220. The summed E-state index contributed by atoms with van der Waals surface area (Å²) >= 11 is 0. The molecule has 0 radical (unpaired) electrons. The maximum atomic E-state index is 14.8. The lowest BCUT2D eigenvalue weighted by Gasteiger charge is -2.47. The third-order valence-corrected chi connectivity index (χ3v) is 7.06. The predicted octanol–water partition coefficient (Wildman–Crippen LogP) is 3.81. The van der Waals surface area contributed by atoms with E-state index in [0.29, 0.717) is 18.3 Å². The number of ether oxygens (including phenoxy) is 1. The summed E-state index contributed by atoms with van der Waals surface area (Å²) in [5, 5.41) is 0. The van der Waals surface area contributed by atoms with Crippen LogP contribution in [0.2, 0.25) is 0 Å². The Kier molecular flexibility index (Phi) is 4.09. The number of carbonyl (C=O) groups is 1. The molecule has 2 aromatic heterocycles. The van der Waals surface area contributed by atoms with Crippen LogP contribution in [0.3, 0.4) is 0 Å². The van der Waals surface area contributed by atoms with Gasteiger partial charge in [0.1, 0.15) is 11.9 Å². The normalized spacial score (nSPS) is 27.3. The summed E-state index contributed by atoms with van der Waals surface area (Å²) in [6, 6.07) is 8.01. The molecule has 3 fully saturated rings. The van der Waals surface area contributed by atoms with Crippen molar-refractivity contribution in [2.24, 2.45) is 11.3 Å². The molecule has 4 unspecified atom stereocenters. The van der Waals surface area contributed by atoms with E-state index in [2.05, 4.69) is 15.0 Å². The number of hydrogen-bond donors (Lipinski definition) is 0. The van der Waals surface area contributed by atoms with Gasteiger partial charge in [0.05, 0.1) is 29.6 Å². The molecule has 1 saturated heterocycles. The molecular weight excluding hydrogens is 414 g/mol. The number of piperidine rings is 1. The molecule has 1 amide bonds. The smallest absolute Gasteiger partial charge is 0.255 e.